The summed E-state index contributed by atoms with van der Waals surface area (Å²) >= 11 is 3.44. The summed E-state index contributed by atoms with van der Waals surface area (Å²) in [6.07, 6.45) is 5.13. The number of amides is 1. The highest BCUT2D eigenvalue weighted by molar-refractivity contribution is 9.10. The van der Waals surface area contributed by atoms with Gasteiger partial charge in [0.05, 0.1) is 11.9 Å². The fraction of sp³-hybridized carbons (Fsp3) is 0.357. The topological polar surface area (TPSA) is 56.8 Å². The average Bonchev–Trinajstić information content (AvgIpc) is 3.14. The first-order valence-electron chi connectivity index (χ1n) is 6.87. The standard InChI is InChI=1S/C14H17BrN4O2/c1-10(14(20)16-12-5-6-12)21-19-8-7-18(17-19)13-4-2-3-11(15)9-13/h2-4,7-10,12,17H,5-6H2,1H3,(H,16,20). The van der Waals surface area contributed by atoms with Gasteiger partial charge in [-0.15, -0.1) is 5.53 Å². The molecule has 1 amide bonds. The minimum Gasteiger partial charge on any atom is -0.351 e. The van der Waals surface area contributed by atoms with Gasteiger partial charge in [-0.1, -0.05) is 22.0 Å². The highest BCUT2D eigenvalue weighted by Crippen LogP contribution is 2.21. The molecule has 0 saturated heterocycles. The van der Waals surface area contributed by atoms with Crippen LogP contribution in [0.15, 0.2) is 41.1 Å². The second-order valence-corrected chi connectivity index (χ2v) is 6.02. The number of hydrazine groups is 2. The van der Waals surface area contributed by atoms with E-state index >= 15 is 0 Å². The predicted octanol–water partition coefficient (Wildman–Crippen LogP) is 2.06. The summed E-state index contributed by atoms with van der Waals surface area (Å²) in [7, 11) is 0. The van der Waals surface area contributed by atoms with E-state index in [0.29, 0.717) is 6.04 Å². The molecule has 1 aliphatic heterocycles. The molecule has 3 rings (SSSR count). The van der Waals surface area contributed by atoms with Crippen LogP contribution in [-0.2, 0) is 9.63 Å². The number of hydroxylamine groups is 1. The van der Waals surface area contributed by atoms with Gasteiger partial charge in [0.1, 0.15) is 0 Å². The molecule has 0 radical (unpaired) electrons. The van der Waals surface area contributed by atoms with Crippen LogP contribution in [-0.4, -0.2) is 23.2 Å². The third-order valence-electron chi connectivity index (χ3n) is 3.21. The maximum Gasteiger partial charge on any atom is 0.251 e. The highest BCUT2D eigenvalue weighted by atomic mass is 79.9. The first kappa shape index (κ1) is 14.4. The maximum atomic E-state index is 11.8. The van der Waals surface area contributed by atoms with Gasteiger partial charge in [-0.3, -0.25) is 9.80 Å². The van der Waals surface area contributed by atoms with Gasteiger partial charge in [-0.05, 0) is 38.0 Å². The lowest BCUT2D eigenvalue weighted by Crippen LogP contribution is -2.45. The normalized spacial score (nSPS) is 19.0. The molecule has 7 heteroatoms. The zero-order valence-electron chi connectivity index (χ0n) is 11.6. The summed E-state index contributed by atoms with van der Waals surface area (Å²) in [6, 6.07) is 8.19. The van der Waals surface area contributed by atoms with Gasteiger partial charge in [0.2, 0.25) is 0 Å². The van der Waals surface area contributed by atoms with Crippen molar-refractivity contribution in [2.45, 2.75) is 31.9 Å². The van der Waals surface area contributed by atoms with Crippen molar-refractivity contribution in [3.05, 3.63) is 41.1 Å². The zero-order valence-corrected chi connectivity index (χ0v) is 13.2. The molecular weight excluding hydrogens is 336 g/mol. The van der Waals surface area contributed by atoms with Crippen molar-refractivity contribution < 1.29 is 9.63 Å². The van der Waals surface area contributed by atoms with Crippen LogP contribution < -0.4 is 15.9 Å². The molecule has 1 saturated carbocycles. The van der Waals surface area contributed by atoms with Crippen LogP contribution in [0, 0.1) is 0 Å². The SMILES string of the molecule is CC(ON1C=CN(c2cccc(Br)c2)N1)C(=O)NC1CC1. The molecule has 1 aromatic carbocycles. The lowest BCUT2D eigenvalue weighted by Gasteiger charge is -2.24. The van der Waals surface area contributed by atoms with E-state index < -0.39 is 6.10 Å². The lowest BCUT2D eigenvalue weighted by molar-refractivity contribution is -0.191. The minimum absolute atomic E-state index is 0.0893. The number of benzene rings is 1. The van der Waals surface area contributed by atoms with Crippen molar-refractivity contribution in [1.29, 1.82) is 0 Å². The molecule has 2 N–H and O–H groups in total. The number of nitrogens with zero attached hydrogens (tertiary/aromatic N) is 2. The number of rotatable bonds is 5. The molecule has 1 aromatic rings. The van der Waals surface area contributed by atoms with Gasteiger partial charge in [0, 0.05) is 16.7 Å². The van der Waals surface area contributed by atoms with E-state index in [1.165, 1.54) is 5.17 Å². The predicted molar refractivity (Wildman–Crippen MR) is 82.4 cm³/mol. The van der Waals surface area contributed by atoms with Gasteiger partial charge in [0.25, 0.3) is 5.91 Å². The van der Waals surface area contributed by atoms with E-state index in [0.717, 1.165) is 23.0 Å². The zero-order chi connectivity index (χ0) is 14.8. The van der Waals surface area contributed by atoms with Crippen LogP contribution in [0.4, 0.5) is 5.69 Å². The Hall–Kier alpha value is -1.57. The van der Waals surface area contributed by atoms with Gasteiger partial charge < -0.3 is 5.32 Å². The molecule has 6 nitrogen and oxygen atoms in total. The van der Waals surface area contributed by atoms with Crippen molar-refractivity contribution in [1.82, 2.24) is 16.0 Å². The van der Waals surface area contributed by atoms with Crippen molar-refractivity contribution in [3.63, 3.8) is 0 Å². The van der Waals surface area contributed by atoms with Gasteiger partial charge in [-0.2, -0.15) is 5.17 Å². The van der Waals surface area contributed by atoms with Gasteiger partial charge in [0.15, 0.2) is 6.10 Å². The van der Waals surface area contributed by atoms with Crippen LogP contribution in [0.5, 0.6) is 0 Å². The summed E-state index contributed by atoms with van der Waals surface area (Å²) in [6.45, 7) is 1.73. The van der Waals surface area contributed by atoms with E-state index in [9.17, 15) is 4.79 Å². The Morgan fingerprint density at radius 2 is 2.29 bits per heavy atom. The molecular formula is C14H17BrN4O2. The molecule has 0 aromatic heterocycles. The summed E-state index contributed by atoms with van der Waals surface area (Å²) in [5.41, 5.74) is 3.98. The summed E-state index contributed by atoms with van der Waals surface area (Å²) in [5, 5.41) is 6.15. The number of anilines is 1. The molecule has 0 bridgehead atoms. The van der Waals surface area contributed by atoms with Crippen molar-refractivity contribution in [2.24, 2.45) is 0 Å². The van der Waals surface area contributed by atoms with E-state index in [1.807, 2.05) is 30.5 Å². The Morgan fingerprint density at radius 1 is 1.48 bits per heavy atom. The quantitative estimate of drug-likeness (QED) is 0.849. The molecule has 1 aliphatic carbocycles. The van der Waals surface area contributed by atoms with Crippen LogP contribution in [0.2, 0.25) is 0 Å². The Bertz CT molecular complexity index is 562. The minimum atomic E-state index is -0.551. The number of carbonyl (C=O) groups excluding carboxylic acids is 1. The van der Waals surface area contributed by atoms with Crippen molar-refractivity contribution in [3.8, 4) is 0 Å². The first-order chi connectivity index (χ1) is 10.1. The second kappa shape index (κ2) is 6.05. The third-order valence-corrected chi connectivity index (χ3v) is 3.70. The van der Waals surface area contributed by atoms with Gasteiger partial charge in [-0.25, -0.2) is 4.84 Å². The Labute approximate surface area is 131 Å². The summed E-state index contributed by atoms with van der Waals surface area (Å²) in [4.78, 5) is 17.4. The molecule has 21 heavy (non-hydrogen) atoms. The summed E-state index contributed by atoms with van der Waals surface area (Å²) in [5.74, 6) is -0.0893. The number of hydrogen-bond acceptors (Lipinski definition) is 5. The first-order valence-corrected chi connectivity index (χ1v) is 7.67. The Kier molecular flexibility index (Phi) is 4.14. The fourth-order valence-corrected chi connectivity index (χ4v) is 2.28. The molecule has 1 atom stereocenters. The van der Waals surface area contributed by atoms with Crippen LogP contribution in [0.3, 0.4) is 0 Å². The lowest BCUT2D eigenvalue weighted by atomic mass is 10.3. The Morgan fingerprint density at radius 3 is 3.00 bits per heavy atom. The molecule has 1 fully saturated rings. The third kappa shape index (κ3) is 3.75. The number of carbonyl (C=O) groups is 1. The number of halogens is 1. The molecule has 1 heterocycles. The summed E-state index contributed by atoms with van der Waals surface area (Å²) < 4.78 is 0.992. The smallest absolute Gasteiger partial charge is 0.251 e. The average molecular weight is 353 g/mol. The van der Waals surface area contributed by atoms with Crippen molar-refractivity contribution >= 4 is 27.5 Å². The van der Waals surface area contributed by atoms with E-state index in [2.05, 4.69) is 26.8 Å². The van der Waals surface area contributed by atoms with Crippen LogP contribution in [0.25, 0.3) is 0 Å². The molecule has 2 aliphatic rings. The van der Waals surface area contributed by atoms with E-state index in [4.69, 9.17) is 4.84 Å². The maximum absolute atomic E-state index is 11.8. The number of hydrogen-bond donors (Lipinski definition) is 2. The Balaban J connectivity index is 1.52. The number of nitrogens with one attached hydrogen (secondary N) is 2. The van der Waals surface area contributed by atoms with E-state index in [-0.39, 0.29) is 5.91 Å². The second-order valence-electron chi connectivity index (χ2n) is 5.10. The highest BCUT2D eigenvalue weighted by Gasteiger charge is 2.27. The van der Waals surface area contributed by atoms with Crippen LogP contribution in [0.1, 0.15) is 19.8 Å². The fourth-order valence-electron chi connectivity index (χ4n) is 1.89. The van der Waals surface area contributed by atoms with E-state index in [1.54, 1.807) is 18.1 Å². The van der Waals surface area contributed by atoms with Gasteiger partial charge >= 0.3 is 0 Å². The van der Waals surface area contributed by atoms with Crippen LogP contribution >= 0.6 is 15.9 Å². The molecule has 0 spiro atoms. The van der Waals surface area contributed by atoms with Crippen molar-refractivity contribution in [2.75, 3.05) is 5.01 Å². The largest absolute Gasteiger partial charge is 0.351 e. The monoisotopic (exact) mass is 352 g/mol. The molecule has 1 unspecified atom stereocenters. The molecule has 112 valence electrons.